The van der Waals surface area contributed by atoms with E-state index in [9.17, 15) is 4.79 Å². The van der Waals surface area contributed by atoms with Gasteiger partial charge in [-0.25, -0.2) is 4.98 Å². The Morgan fingerprint density at radius 3 is 2.59 bits per heavy atom. The van der Waals surface area contributed by atoms with Gasteiger partial charge in [0.15, 0.2) is 0 Å². The molecule has 2 fully saturated rings. The van der Waals surface area contributed by atoms with E-state index in [4.69, 9.17) is 19.2 Å². The van der Waals surface area contributed by atoms with E-state index in [1.165, 1.54) is 0 Å². The van der Waals surface area contributed by atoms with Crippen molar-refractivity contribution in [1.29, 1.82) is 0 Å². The summed E-state index contributed by atoms with van der Waals surface area (Å²) in [6.07, 6.45) is 0.969. The van der Waals surface area contributed by atoms with Crippen LogP contribution in [0.25, 0.3) is 0 Å². The lowest BCUT2D eigenvalue weighted by Crippen LogP contribution is -2.38. The molecule has 1 aromatic heterocycles. The number of hydrogen-bond donors (Lipinski definition) is 1. The van der Waals surface area contributed by atoms with Crippen molar-refractivity contribution in [2.24, 2.45) is 0 Å². The first-order valence-corrected chi connectivity index (χ1v) is 10.0. The number of aromatic amines is 1. The summed E-state index contributed by atoms with van der Waals surface area (Å²) >= 11 is 0. The first-order chi connectivity index (χ1) is 14.2. The SMILES string of the molecule is COc1cccc(OC)c1CN1CCC(c2cc(=O)[nH]c(N3CCOCC3)n2)C1. The van der Waals surface area contributed by atoms with Gasteiger partial charge in [-0.2, -0.15) is 0 Å². The van der Waals surface area contributed by atoms with Gasteiger partial charge >= 0.3 is 0 Å². The van der Waals surface area contributed by atoms with Crippen LogP contribution in [0.2, 0.25) is 0 Å². The molecule has 8 nitrogen and oxygen atoms in total. The van der Waals surface area contributed by atoms with Gasteiger partial charge in [-0.05, 0) is 25.1 Å². The highest BCUT2D eigenvalue weighted by atomic mass is 16.5. The summed E-state index contributed by atoms with van der Waals surface area (Å²) in [6, 6.07) is 7.49. The van der Waals surface area contributed by atoms with Crippen LogP contribution in [-0.4, -0.2) is 68.5 Å². The van der Waals surface area contributed by atoms with Gasteiger partial charge in [-0.15, -0.1) is 0 Å². The third-order valence-corrected chi connectivity index (χ3v) is 5.66. The van der Waals surface area contributed by atoms with Crippen LogP contribution < -0.4 is 19.9 Å². The molecule has 29 heavy (non-hydrogen) atoms. The van der Waals surface area contributed by atoms with Crippen molar-refractivity contribution in [2.75, 3.05) is 58.5 Å². The number of anilines is 1. The summed E-state index contributed by atoms with van der Waals surface area (Å²) < 4.78 is 16.5. The van der Waals surface area contributed by atoms with E-state index in [1.54, 1.807) is 20.3 Å². The Bertz CT molecular complexity index is 872. The van der Waals surface area contributed by atoms with Crippen molar-refractivity contribution in [1.82, 2.24) is 14.9 Å². The van der Waals surface area contributed by atoms with Gasteiger partial charge < -0.3 is 19.1 Å². The average Bonchev–Trinajstić information content (AvgIpc) is 3.23. The van der Waals surface area contributed by atoms with Gasteiger partial charge in [0, 0.05) is 38.2 Å². The molecule has 4 rings (SSSR count). The fourth-order valence-corrected chi connectivity index (χ4v) is 4.12. The highest BCUT2D eigenvalue weighted by molar-refractivity contribution is 5.44. The second-order valence-electron chi connectivity index (χ2n) is 7.46. The van der Waals surface area contributed by atoms with Crippen LogP contribution in [0.4, 0.5) is 5.95 Å². The Balaban J connectivity index is 1.49. The Kier molecular flexibility index (Phi) is 6.01. The quantitative estimate of drug-likeness (QED) is 0.789. The lowest BCUT2D eigenvalue weighted by molar-refractivity contribution is 0.122. The number of benzene rings is 1. The molecule has 1 atom stereocenters. The van der Waals surface area contributed by atoms with Crippen molar-refractivity contribution in [3.63, 3.8) is 0 Å². The molecule has 156 valence electrons. The molecule has 0 radical (unpaired) electrons. The summed E-state index contributed by atoms with van der Waals surface area (Å²) in [6.45, 7) is 5.34. The molecule has 0 saturated carbocycles. The van der Waals surface area contributed by atoms with Gasteiger partial charge in [-0.3, -0.25) is 14.7 Å². The maximum atomic E-state index is 12.2. The average molecular weight is 400 g/mol. The molecule has 2 aromatic rings. The Labute approximate surface area is 170 Å². The molecule has 0 spiro atoms. The molecule has 0 aliphatic carbocycles. The van der Waals surface area contributed by atoms with Crippen molar-refractivity contribution in [2.45, 2.75) is 18.9 Å². The van der Waals surface area contributed by atoms with Crippen LogP contribution in [-0.2, 0) is 11.3 Å². The Morgan fingerprint density at radius 1 is 1.17 bits per heavy atom. The highest BCUT2D eigenvalue weighted by Crippen LogP contribution is 2.33. The molecular weight excluding hydrogens is 372 g/mol. The minimum absolute atomic E-state index is 0.0960. The molecule has 0 bridgehead atoms. The smallest absolute Gasteiger partial charge is 0.252 e. The Hall–Kier alpha value is -2.58. The molecule has 1 unspecified atom stereocenters. The lowest BCUT2D eigenvalue weighted by Gasteiger charge is -2.27. The number of likely N-dealkylation sites (tertiary alicyclic amines) is 1. The number of nitrogens with zero attached hydrogens (tertiary/aromatic N) is 3. The van der Waals surface area contributed by atoms with E-state index in [-0.39, 0.29) is 11.5 Å². The first kappa shape index (κ1) is 19.7. The molecule has 3 heterocycles. The highest BCUT2D eigenvalue weighted by Gasteiger charge is 2.28. The number of H-pyrrole nitrogens is 1. The molecule has 0 amide bonds. The number of ether oxygens (including phenoxy) is 3. The Morgan fingerprint density at radius 2 is 1.90 bits per heavy atom. The largest absolute Gasteiger partial charge is 0.496 e. The second-order valence-corrected chi connectivity index (χ2v) is 7.46. The first-order valence-electron chi connectivity index (χ1n) is 10.0. The van der Waals surface area contributed by atoms with E-state index >= 15 is 0 Å². The van der Waals surface area contributed by atoms with Crippen molar-refractivity contribution in [3.05, 3.63) is 45.9 Å². The second kappa shape index (κ2) is 8.84. The number of hydrogen-bond acceptors (Lipinski definition) is 7. The molecule has 2 aliphatic heterocycles. The van der Waals surface area contributed by atoms with Gasteiger partial charge in [-0.1, -0.05) is 6.07 Å². The monoisotopic (exact) mass is 400 g/mol. The zero-order valence-corrected chi connectivity index (χ0v) is 17.0. The third kappa shape index (κ3) is 4.38. The molecule has 2 aliphatic rings. The molecule has 1 N–H and O–H groups in total. The van der Waals surface area contributed by atoms with Gasteiger partial charge in [0.1, 0.15) is 11.5 Å². The van der Waals surface area contributed by atoms with E-state index < -0.39 is 0 Å². The predicted octanol–water partition coefficient (Wildman–Crippen LogP) is 1.61. The van der Waals surface area contributed by atoms with Crippen LogP contribution in [0, 0.1) is 0 Å². The lowest BCUT2D eigenvalue weighted by atomic mass is 10.0. The van der Waals surface area contributed by atoms with E-state index in [0.717, 1.165) is 61.9 Å². The molecule has 1 aromatic carbocycles. The summed E-state index contributed by atoms with van der Waals surface area (Å²) in [4.78, 5) is 24.4. The summed E-state index contributed by atoms with van der Waals surface area (Å²) in [5.74, 6) is 2.55. The van der Waals surface area contributed by atoms with Crippen LogP contribution in [0.15, 0.2) is 29.1 Å². The number of morpholine rings is 1. The zero-order valence-electron chi connectivity index (χ0n) is 17.0. The number of aromatic nitrogens is 2. The maximum absolute atomic E-state index is 12.2. The standard InChI is InChI=1S/C21H28N4O4/c1-27-18-4-3-5-19(28-2)16(18)14-24-7-6-15(13-24)17-12-20(26)23-21(22-17)25-8-10-29-11-9-25/h3-5,12,15H,6-11,13-14H2,1-2H3,(H,22,23,26). The number of methoxy groups -OCH3 is 2. The van der Waals surface area contributed by atoms with Crippen LogP contribution in [0.5, 0.6) is 11.5 Å². The summed E-state index contributed by atoms with van der Waals surface area (Å²) in [7, 11) is 3.36. The molecule has 2 saturated heterocycles. The van der Waals surface area contributed by atoms with Crippen LogP contribution >= 0.6 is 0 Å². The van der Waals surface area contributed by atoms with E-state index in [2.05, 4.69) is 14.8 Å². The van der Waals surface area contributed by atoms with Gasteiger partial charge in [0.25, 0.3) is 5.56 Å². The summed E-state index contributed by atoms with van der Waals surface area (Å²) in [5, 5.41) is 0. The molecule has 8 heteroatoms. The van der Waals surface area contributed by atoms with E-state index in [0.29, 0.717) is 19.2 Å². The van der Waals surface area contributed by atoms with Crippen LogP contribution in [0.3, 0.4) is 0 Å². The van der Waals surface area contributed by atoms with Gasteiger partial charge in [0.05, 0.1) is 38.7 Å². The van der Waals surface area contributed by atoms with Crippen LogP contribution in [0.1, 0.15) is 23.6 Å². The minimum Gasteiger partial charge on any atom is -0.496 e. The fraction of sp³-hybridized carbons (Fsp3) is 0.524. The van der Waals surface area contributed by atoms with Gasteiger partial charge in [0.2, 0.25) is 5.95 Å². The minimum atomic E-state index is -0.0960. The van der Waals surface area contributed by atoms with Crippen molar-refractivity contribution in [3.8, 4) is 11.5 Å². The predicted molar refractivity (Wildman–Crippen MR) is 110 cm³/mol. The molecular formula is C21H28N4O4. The maximum Gasteiger partial charge on any atom is 0.252 e. The number of nitrogens with one attached hydrogen (secondary N) is 1. The fourth-order valence-electron chi connectivity index (χ4n) is 4.12. The third-order valence-electron chi connectivity index (χ3n) is 5.66. The topological polar surface area (TPSA) is 79.9 Å². The normalized spacial score (nSPS) is 20.1. The van der Waals surface area contributed by atoms with E-state index in [1.807, 2.05) is 18.2 Å². The van der Waals surface area contributed by atoms with Crippen molar-refractivity contribution >= 4 is 5.95 Å². The zero-order chi connectivity index (χ0) is 20.2. The van der Waals surface area contributed by atoms with Crippen molar-refractivity contribution < 1.29 is 14.2 Å². The number of rotatable bonds is 6. The summed E-state index contributed by atoms with van der Waals surface area (Å²) in [5.41, 5.74) is 1.82.